The molecule has 2 heterocycles. The average Bonchev–Trinajstić information content (AvgIpc) is 3.56. The SMILES string of the molecule is C=CC=Cc1ccc(-c2cnc([C@@H]3CCCN3C(=O)OC(C)(C)C)[nH]2)cc1-c1ccc2ccccc2c1. The van der Waals surface area contributed by atoms with Crippen LogP contribution in [-0.2, 0) is 4.74 Å². The van der Waals surface area contributed by atoms with E-state index in [0.29, 0.717) is 6.54 Å². The van der Waals surface area contributed by atoms with Crippen LogP contribution in [0.3, 0.4) is 0 Å². The van der Waals surface area contributed by atoms with Gasteiger partial charge in [-0.2, -0.15) is 0 Å². The van der Waals surface area contributed by atoms with Gasteiger partial charge in [-0.15, -0.1) is 0 Å². The normalized spacial score (nSPS) is 16.0. The molecular formula is C32H33N3O2. The molecule has 5 nitrogen and oxygen atoms in total. The largest absolute Gasteiger partial charge is 0.444 e. The molecule has 1 aliphatic heterocycles. The molecule has 1 aromatic heterocycles. The lowest BCUT2D eigenvalue weighted by Crippen LogP contribution is -2.36. The van der Waals surface area contributed by atoms with E-state index in [2.05, 4.69) is 83.3 Å². The highest BCUT2D eigenvalue weighted by Gasteiger charge is 2.34. The first-order valence-corrected chi connectivity index (χ1v) is 12.8. The lowest BCUT2D eigenvalue weighted by atomic mass is 9.94. The quantitative estimate of drug-likeness (QED) is 0.286. The third-order valence-corrected chi connectivity index (χ3v) is 6.63. The Hall–Kier alpha value is -4.12. The summed E-state index contributed by atoms with van der Waals surface area (Å²) in [6.07, 6.45) is 9.19. The van der Waals surface area contributed by atoms with Gasteiger partial charge in [0.2, 0.25) is 0 Å². The average molecular weight is 492 g/mol. The third-order valence-electron chi connectivity index (χ3n) is 6.63. The van der Waals surface area contributed by atoms with E-state index in [1.54, 1.807) is 11.0 Å². The van der Waals surface area contributed by atoms with Crippen LogP contribution in [0.25, 0.3) is 39.2 Å². The molecule has 188 valence electrons. The number of ether oxygens (including phenoxy) is 1. The molecule has 0 bridgehead atoms. The first-order chi connectivity index (χ1) is 17.8. The maximum absolute atomic E-state index is 12.8. The summed E-state index contributed by atoms with van der Waals surface area (Å²) in [4.78, 5) is 22.8. The number of carbonyl (C=O) groups is 1. The van der Waals surface area contributed by atoms with Gasteiger partial charge in [0.05, 0.1) is 17.9 Å². The molecule has 4 aromatic rings. The highest BCUT2D eigenvalue weighted by Crippen LogP contribution is 2.35. The topological polar surface area (TPSA) is 58.2 Å². The van der Waals surface area contributed by atoms with Crippen LogP contribution in [0.15, 0.2) is 85.6 Å². The number of aromatic amines is 1. The Morgan fingerprint density at radius 3 is 2.65 bits per heavy atom. The first-order valence-electron chi connectivity index (χ1n) is 12.8. The van der Waals surface area contributed by atoms with E-state index in [9.17, 15) is 4.79 Å². The number of rotatable bonds is 5. The van der Waals surface area contributed by atoms with Gasteiger partial charge in [-0.25, -0.2) is 9.78 Å². The van der Waals surface area contributed by atoms with Crippen molar-refractivity contribution < 1.29 is 9.53 Å². The summed E-state index contributed by atoms with van der Waals surface area (Å²) in [6.45, 7) is 10.2. The van der Waals surface area contributed by atoms with E-state index in [1.807, 2.05) is 33.0 Å². The molecule has 0 radical (unpaired) electrons. The van der Waals surface area contributed by atoms with Gasteiger partial charge in [0, 0.05) is 12.1 Å². The number of H-pyrrole nitrogens is 1. The second kappa shape index (κ2) is 10.1. The standard InChI is InChI=1S/C32H33N3O2/c1-5-6-10-23-15-17-26(20-27(23)25-16-14-22-11-7-8-12-24(22)19-25)28-21-33-30(34-28)29-13-9-18-35(29)31(36)37-32(2,3)4/h5-8,10-12,14-17,19-21,29H,1,9,13,18H2,2-4H3,(H,33,34)/t29-/m0/s1. The summed E-state index contributed by atoms with van der Waals surface area (Å²) in [7, 11) is 0. The van der Waals surface area contributed by atoms with Gasteiger partial charge in [-0.1, -0.05) is 73.3 Å². The van der Waals surface area contributed by atoms with Crippen LogP contribution in [0.2, 0.25) is 0 Å². The van der Waals surface area contributed by atoms with Gasteiger partial charge in [-0.05, 0) is 73.2 Å². The predicted octanol–water partition coefficient (Wildman–Crippen LogP) is 8.17. The van der Waals surface area contributed by atoms with Crippen molar-refractivity contribution in [3.63, 3.8) is 0 Å². The highest BCUT2D eigenvalue weighted by molar-refractivity contribution is 5.90. The van der Waals surface area contributed by atoms with Crippen LogP contribution in [0.4, 0.5) is 4.79 Å². The van der Waals surface area contributed by atoms with Crippen molar-refractivity contribution in [3.05, 3.63) is 97.0 Å². The number of likely N-dealkylation sites (tertiary alicyclic amines) is 1. The smallest absolute Gasteiger partial charge is 0.410 e. The molecule has 1 aliphatic rings. The number of nitrogens with zero attached hydrogens (tertiary/aromatic N) is 2. The van der Waals surface area contributed by atoms with Gasteiger partial charge in [0.15, 0.2) is 0 Å². The Balaban J connectivity index is 1.49. The van der Waals surface area contributed by atoms with Crippen molar-refractivity contribution in [3.8, 4) is 22.4 Å². The third kappa shape index (κ3) is 5.36. The van der Waals surface area contributed by atoms with Crippen molar-refractivity contribution in [1.82, 2.24) is 14.9 Å². The van der Waals surface area contributed by atoms with E-state index >= 15 is 0 Å². The van der Waals surface area contributed by atoms with Gasteiger partial charge < -0.3 is 9.72 Å². The van der Waals surface area contributed by atoms with Crippen LogP contribution < -0.4 is 0 Å². The van der Waals surface area contributed by atoms with Crippen LogP contribution in [0, 0.1) is 0 Å². The summed E-state index contributed by atoms with van der Waals surface area (Å²) in [6, 6.07) is 21.3. The molecule has 1 fully saturated rings. The van der Waals surface area contributed by atoms with Crippen LogP contribution >= 0.6 is 0 Å². The van der Waals surface area contributed by atoms with E-state index in [1.165, 1.54) is 10.8 Å². The summed E-state index contributed by atoms with van der Waals surface area (Å²) in [5, 5.41) is 2.42. The number of allylic oxidation sites excluding steroid dienone is 2. The first kappa shape index (κ1) is 24.6. The number of fused-ring (bicyclic) bond motifs is 1. The summed E-state index contributed by atoms with van der Waals surface area (Å²) in [5.74, 6) is 0.793. The predicted molar refractivity (Wildman–Crippen MR) is 151 cm³/mol. The monoisotopic (exact) mass is 491 g/mol. The second-order valence-electron chi connectivity index (χ2n) is 10.5. The Morgan fingerprint density at radius 2 is 1.86 bits per heavy atom. The minimum Gasteiger partial charge on any atom is -0.444 e. The number of aromatic nitrogens is 2. The van der Waals surface area contributed by atoms with Crippen LogP contribution in [0.5, 0.6) is 0 Å². The zero-order valence-corrected chi connectivity index (χ0v) is 21.7. The van der Waals surface area contributed by atoms with Crippen LogP contribution in [0.1, 0.15) is 51.0 Å². The number of imidazole rings is 1. The highest BCUT2D eigenvalue weighted by atomic mass is 16.6. The Labute approximate surface area is 218 Å². The molecule has 0 aliphatic carbocycles. The lowest BCUT2D eigenvalue weighted by molar-refractivity contribution is 0.0218. The summed E-state index contributed by atoms with van der Waals surface area (Å²) in [5.41, 5.74) is 4.83. The second-order valence-corrected chi connectivity index (χ2v) is 10.5. The molecule has 37 heavy (non-hydrogen) atoms. The zero-order valence-electron chi connectivity index (χ0n) is 21.7. The van der Waals surface area contributed by atoms with Crippen molar-refractivity contribution in [2.45, 2.75) is 45.3 Å². The van der Waals surface area contributed by atoms with Crippen molar-refractivity contribution in [2.75, 3.05) is 6.54 Å². The molecule has 1 N–H and O–H groups in total. The lowest BCUT2D eigenvalue weighted by Gasteiger charge is -2.27. The van der Waals surface area contributed by atoms with Gasteiger partial charge in [0.25, 0.3) is 0 Å². The summed E-state index contributed by atoms with van der Waals surface area (Å²) >= 11 is 0. The van der Waals surface area contributed by atoms with E-state index < -0.39 is 5.60 Å². The molecule has 5 heteroatoms. The van der Waals surface area contributed by atoms with E-state index in [-0.39, 0.29) is 12.1 Å². The van der Waals surface area contributed by atoms with Gasteiger partial charge in [0.1, 0.15) is 11.4 Å². The number of amides is 1. The fraction of sp³-hybridized carbons (Fsp3) is 0.250. The number of carbonyl (C=O) groups excluding carboxylic acids is 1. The molecular weight excluding hydrogens is 458 g/mol. The zero-order chi connectivity index (χ0) is 26.0. The number of benzene rings is 3. The van der Waals surface area contributed by atoms with Crippen LogP contribution in [-0.4, -0.2) is 33.1 Å². The molecule has 3 aromatic carbocycles. The molecule has 1 atom stereocenters. The number of hydrogen-bond acceptors (Lipinski definition) is 3. The molecule has 0 saturated carbocycles. The molecule has 5 rings (SSSR count). The Morgan fingerprint density at radius 1 is 1.08 bits per heavy atom. The minimum atomic E-state index is -0.528. The van der Waals surface area contributed by atoms with Gasteiger partial charge >= 0.3 is 6.09 Å². The molecule has 0 spiro atoms. The molecule has 0 unspecified atom stereocenters. The molecule has 1 saturated heterocycles. The number of nitrogens with one attached hydrogen (secondary N) is 1. The van der Waals surface area contributed by atoms with E-state index in [4.69, 9.17) is 4.74 Å². The van der Waals surface area contributed by atoms with Crippen molar-refractivity contribution in [2.24, 2.45) is 0 Å². The van der Waals surface area contributed by atoms with Crippen molar-refractivity contribution >= 4 is 22.9 Å². The Kier molecular flexibility index (Phi) is 6.70. The maximum Gasteiger partial charge on any atom is 0.410 e. The fourth-order valence-corrected chi connectivity index (χ4v) is 4.89. The van der Waals surface area contributed by atoms with Gasteiger partial charge in [-0.3, -0.25) is 4.90 Å². The number of hydrogen-bond donors (Lipinski definition) is 1. The minimum absolute atomic E-state index is 0.113. The van der Waals surface area contributed by atoms with E-state index in [0.717, 1.165) is 46.6 Å². The fourth-order valence-electron chi connectivity index (χ4n) is 4.89. The summed E-state index contributed by atoms with van der Waals surface area (Å²) < 4.78 is 5.64. The Bertz CT molecular complexity index is 1470. The van der Waals surface area contributed by atoms with Crippen molar-refractivity contribution in [1.29, 1.82) is 0 Å². The maximum atomic E-state index is 12.8. The molecule has 1 amide bonds.